The first kappa shape index (κ1) is 148. The molecule has 0 spiro atoms. The van der Waals surface area contributed by atoms with E-state index < -0.39 is 0 Å². The SMILES string of the molecule is CCCCOCC[N+](C)(C)C.CCCCOCC[N+](CC)(CC)CC.CCCC[N+](CC)(CCC)CCOCC.CCCC[N+](CC)(CCC)CCOCCC.CCCOCC[N+](C)(C)C.CCCOCC[N+](CC)(CC)CC.CCCOCC[N+](CC)(CCC)CCC.CCC[N+](CC)(CCC)CCOCC.CCOCC[N+](C)(C)C.CCOCC[N+](CC)(CC)CC. The lowest BCUT2D eigenvalue weighted by atomic mass is 10.2. The minimum absolute atomic E-state index is 0.833. The lowest BCUT2D eigenvalue weighted by Crippen LogP contribution is -2.51. The molecule has 0 aliphatic rings. The van der Waals surface area contributed by atoms with Gasteiger partial charge in [0.25, 0.3) is 0 Å². The molecule has 0 saturated carbocycles. The molecule has 0 aromatic heterocycles. The van der Waals surface area contributed by atoms with Crippen molar-refractivity contribution in [1.29, 1.82) is 0 Å². The fourth-order valence-corrected chi connectivity index (χ4v) is 15.6. The maximum Gasteiger partial charge on any atom is 0.102 e. The van der Waals surface area contributed by atoms with Gasteiger partial charge < -0.3 is 92.2 Å². The summed E-state index contributed by atoms with van der Waals surface area (Å²) in [6.45, 7) is 125. The van der Waals surface area contributed by atoms with Crippen LogP contribution < -0.4 is 0 Å². The summed E-state index contributed by atoms with van der Waals surface area (Å²) in [5.41, 5.74) is 0. The van der Waals surface area contributed by atoms with Crippen molar-refractivity contribution < 1.29 is 92.2 Å². The van der Waals surface area contributed by atoms with Gasteiger partial charge in [-0.1, -0.05) is 123 Å². The molecule has 0 heterocycles. The van der Waals surface area contributed by atoms with Crippen LogP contribution in [0.3, 0.4) is 0 Å². The molecule has 794 valence electrons. The van der Waals surface area contributed by atoms with E-state index in [4.69, 9.17) is 47.4 Å². The molecule has 2 atom stereocenters. The third-order valence-electron chi connectivity index (χ3n) is 26.1. The number of nitrogens with zero attached hydrogens (tertiary/aromatic N) is 10. The first-order valence-electron chi connectivity index (χ1n) is 55.5. The molecule has 0 fully saturated rings. The highest BCUT2D eigenvalue weighted by Gasteiger charge is 2.28. The Morgan fingerprint density at radius 2 is 0.264 bits per heavy atom. The average molecular weight is 1870 g/mol. The van der Waals surface area contributed by atoms with Crippen LogP contribution in [0.15, 0.2) is 0 Å². The van der Waals surface area contributed by atoms with E-state index in [1.807, 2.05) is 6.92 Å². The molecular formula is C109H258N10O10+10. The van der Waals surface area contributed by atoms with Gasteiger partial charge in [-0.05, 0) is 208 Å². The van der Waals surface area contributed by atoms with Crippen molar-refractivity contribution in [1.82, 2.24) is 0 Å². The summed E-state index contributed by atoms with van der Waals surface area (Å²) in [6.07, 6.45) is 22.4. The number of rotatable bonds is 79. The summed E-state index contributed by atoms with van der Waals surface area (Å²) in [6, 6.07) is 0. The topological polar surface area (TPSA) is 92.3 Å². The Bertz CT molecular complexity index is 1990. The predicted octanol–water partition coefficient (Wildman–Crippen LogP) is 22.5. The highest BCUT2D eigenvalue weighted by atomic mass is 16.5. The van der Waals surface area contributed by atoms with Gasteiger partial charge in [-0.2, -0.15) is 0 Å². The van der Waals surface area contributed by atoms with Crippen molar-refractivity contribution in [3.05, 3.63) is 0 Å². The molecule has 0 aromatic carbocycles. The Hall–Kier alpha value is -0.800. The van der Waals surface area contributed by atoms with Gasteiger partial charge >= 0.3 is 0 Å². The van der Waals surface area contributed by atoms with Crippen molar-refractivity contribution in [3.8, 4) is 0 Å². The Balaban J connectivity index is -0.000000153. The van der Waals surface area contributed by atoms with Gasteiger partial charge in [0.15, 0.2) is 0 Å². The van der Waals surface area contributed by atoms with Crippen molar-refractivity contribution in [2.45, 2.75) is 330 Å². The van der Waals surface area contributed by atoms with Gasteiger partial charge in [0, 0.05) is 66.1 Å². The summed E-state index contributed by atoms with van der Waals surface area (Å²) in [4.78, 5) is 0. The van der Waals surface area contributed by atoms with Crippen molar-refractivity contribution >= 4 is 0 Å². The quantitative estimate of drug-likeness (QED) is 0.0433. The first-order chi connectivity index (χ1) is 61.4. The van der Waals surface area contributed by atoms with Gasteiger partial charge in [-0.3, -0.25) is 0 Å². The van der Waals surface area contributed by atoms with Crippen LogP contribution in [0.2, 0.25) is 0 Å². The fraction of sp³-hybridized carbons (Fsp3) is 1.00. The van der Waals surface area contributed by atoms with Crippen LogP contribution in [0, 0.1) is 0 Å². The highest BCUT2D eigenvalue weighted by Crippen LogP contribution is 2.16. The maximum absolute atomic E-state index is 5.65. The summed E-state index contributed by atoms with van der Waals surface area (Å²) in [5, 5.41) is 0. The highest BCUT2D eigenvalue weighted by molar-refractivity contribution is 4.50. The first-order valence-corrected chi connectivity index (χ1v) is 55.5. The molecule has 0 rings (SSSR count). The molecular weight excluding hydrogens is 1610 g/mol. The van der Waals surface area contributed by atoms with Gasteiger partial charge in [0.05, 0.1) is 267 Å². The van der Waals surface area contributed by atoms with Gasteiger partial charge in [0.1, 0.15) is 65.4 Å². The average Bonchev–Trinajstić information content (AvgIpc) is 0.984. The second kappa shape index (κ2) is 106. The van der Waals surface area contributed by atoms with E-state index in [1.54, 1.807) is 0 Å². The molecule has 0 aliphatic carbocycles. The third kappa shape index (κ3) is 101. The van der Waals surface area contributed by atoms with E-state index in [2.05, 4.69) is 271 Å². The Labute approximate surface area is 816 Å². The molecule has 129 heavy (non-hydrogen) atoms. The van der Waals surface area contributed by atoms with E-state index in [0.717, 1.165) is 197 Å². The zero-order valence-electron chi connectivity index (χ0n) is 97.3. The second-order valence-electron chi connectivity index (χ2n) is 39.3. The molecule has 0 amide bonds. The largest absolute Gasteiger partial charge is 0.376 e. The summed E-state index contributed by atoms with van der Waals surface area (Å²) >= 11 is 0. The molecule has 20 nitrogen and oxygen atoms in total. The van der Waals surface area contributed by atoms with E-state index in [-0.39, 0.29) is 0 Å². The maximum atomic E-state index is 5.65. The minimum atomic E-state index is 0.833. The van der Waals surface area contributed by atoms with Crippen molar-refractivity contribution in [3.63, 3.8) is 0 Å². The Kier molecular flexibility index (Phi) is 122. The van der Waals surface area contributed by atoms with Crippen LogP contribution in [0.1, 0.15) is 330 Å². The predicted molar refractivity (Wildman–Crippen MR) is 574 cm³/mol. The molecule has 2 unspecified atom stereocenters. The number of unbranched alkanes of at least 4 members (excludes halogenated alkanes) is 4. The van der Waals surface area contributed by atoms with Crippen LogP contribution >= 0.6 is 0 Å². The number of hydrogen-bond acceptors (Lipinski definition) is 10. The van der Waals surface area contributed by atoms with Gasteiger partial charge in [-0.15, -0.1) is 0 Å². The van der Waals surface area contributed by atoms with Gasteiger partial charge in [0.2, 0.25) is 0 Å². The van der Waals surface area contributed by atoms with E-state index in [9.17, 15) is 0 Å². The molecule has 0 aliphatic heterocycles. The number of likely N-dealkylation sites (N-methyl/N-ethyl adjacent to an activating group) is 10. The van der Waals surface area contributed by atoms with Crippen molar-refractivity contribution in [2.75, 3.05) is 398 Å². The Morgan fingerprint density at radius 3 is 0.411 bits per heavy atom. The van der Waals surface area contributed by atoms with Crippen molar-refractivity contribution in [2.24, 2.45) is 0 Å². The standard InChI is InChI=1S/C14H32NO.2C13H30NO.2C12H28NO.C11H26NO.C10H24NO.C9H22NO.C8H20NO.C7H18NO/c1-5-9-11-15(8-4,10-6-2)12-14-16-13-7-3;1-5-9-14(8-4,10-6-2)11-13-15-12-7-3;1-5-9-11-14(7-3,10-6-2)12-13-15-8-4;1-5-9-11-14-12-10-13(6-2,7-3)8-4;1-5-9-13(7-3,10-6-2)11-12-14-8-4;1-5-10-13-11-9-12(6-2,7-3)8-4;1-5-11(6-2,7-3)9-10-12-8-4;1-5-6-8-11-9-7-10(2,3)4;1-5-7-10-8-6-9(2,3)4;1-5-9-7-6-8(2,3)4/h5-14H2,1-4H3;2*5-13H2,1-4H3;2*5-12H2,1-4H3;5-11H2,1-4H3;5-10H2,1-4H3;5-9H2,1-4H3;5-8H2,1-4H3;5-7H2,1-4H3/q10*+1. The summed E-state index contributed by atoms with van der Waals surface area (Å²) in [7, 11) is 19.6. The van der Waals surface area contributed by atoms with Crippen LogP contribution in [-0.2, 0) is 47.4 Å². The molecule has 0 aromatic rings. The lowest BCUT2D eigenvalue weighted by molar-refractivity contribution is -0.927. The second-order valence-corrected chi connectivity index (χ2v) is 39.3. The van der Waals surface area contributed by atoms with Crippen LogP contribution in [0.25, 0.3) is 0 Å². The molecule has 0 N–H and O–H groups in total. The number of hydrogen-bond donors (Lipinski definition) is 0. The van der Waals surface area contributed by atoms with Gasteiger partial charge in [-0.25, -0.2) is 0 Å². The van der Waals surface area contributed by atoms with E-state index >= 15 is 0 Å². The smallest absolute Gasteiger partial charge is 0.102 e. The van der Waals surface area contributed by atoms with Crippen LogP contribution in [0.5, 0.6) is 0 Å². The zero-order chi connectivity index (χ0) is 101. The summed E-state index contributed by atoms with van der Waals surface area (Å²) in [5.74, 6) is 0. The minimum Gasteiger partial charge on any atom is -0.376 e. The fourth-order valence-electron chi connectivity index (χ4n) is 15.6. The van der Waals surface area contributed by atoms with Crippen LogP contribution in [-0.4, -0.2) is 443 Å². The molecule has 0 saturated heterocycles. The number of quaternary nitrogens is 10. The number of ether oxygens (including phenoxy) is 10. The monoisotopic (exact) mass is 1870 g/mol. The van der Waals surface area contributed by atoms with E-state index in [1.165, 1.54) is 298 Å². The Morgan fingerprint density at radius 1 is 0.116 bits per heavy atom. The van der Waals surface area contributed by atoms with E-state index in [0.29, 0.717) is 0 Å². The van der Waals surface area contributed by atoms with Crippen LogP contribution in [0.4, 0.5) is 0 Å². The summed E-state index contributed by atoms with van der Waals surface area (Å²) < 4.78 is 66.3. The third-order valence-corrected chi connectivity index (χ3v) is 26.1. The molecule has 20 heteroatoms. The molecule has 0 radical (unpaired) electrons. The lowest BCUT2D eigenvalue weighted by Gasteiger charge is -2.37. The zero-order valence-corrected chi connectivity index (χ0v) is 97.3. The normalized spacial score (nSPS) is 12.7. The molecule has 0 bridgehead atoms.